The number of aliphatic imine (C=N–C) groups is 1. The van der Waals surface area contributed by atoms with Crippen LogP contribution in [0.3, 0.4) is 0 Å². The molecular weight excluding hydrogens is 426 g/mol. The molecule has 0 spiro atoms. The summed E-state index contributed by atoms with van der Waals surface area (Å²) in [7, 11) is 3.11. The molecule has 0 bridgehead atoms. The van der Waals surface area contributed by atoms with Crippen molar-refractivity contribution in [3.05, 3.63) is 69.3 Å². The maximum Gasteiger partial charge on any atom is 0.344 e. The van der Waals surface area contributed by atoms with Crippen molar-refractivity contribution >= 4 is 46.1 Å². The van der Waals surface area contributed by atoms with Gasteiger partial charge in [-0.25, -0.2) is 9.79 Å². The van der Waals surface area contributed by atoms with Gasteiger partial charge in [0.2, 0.25) is 0 Å². The van der Waals surface area contributed by atoms with Crippen molar-refractivity contribution in [2.75, 3.05) is 20.8 Å². The van der Waals surface area contributed by atoms with Crippen LogP contribution in [0.5, 0.6) is 11.5 Å². The Morgan fingerprint density at radius 2 is 1.83 bits per heavy atom. The average molecular weight is 446 g/mol. The zero-order chi connectivity index (χ0) is 21.7. The van der Waals surface area contributed by atoms with Gasteiger partial charge in [0.1, 0.15) is 27.9 Å². The summed E-state index contributed by atoms with van der Waals surface area (Å²) in [5, 5.41) is 11.5. The molecular formula is C22H20ClNO5S. The summed E-state index contributed by atoms with van der Waals surface area (Å²) in [6.07, 6.45) is 1.72. The molecule has 1 N–H and O–H groups in total. The van der Waals surface area contributed by atoms with Crippen molar-refractivity contribution in [3.63, 3.8) is 0 Å². The van der Waals surface area contributed by atoms with Crippen molar-refractivity contribution in [1.29, 1.82) is 0 Å². The van der Waals surface area contributed by atoms with E-state index in [4.69, 9.17) is 25.8 Å². The van der Waals surface area contributed by atoms with Crippen LogP contribution in [0.2, 0.25) is 5.02 Å². The number of carbonyl (C=O) groups excluding carboxylic acids is 1. The molecule has 1 heterocycles. The normalized spacial score (nSPS) is 16.3. The van der Waals surface area contributed by atoms with E-state index in [9.17, 15) is 9.90 Å². The monoisotopic (exact) mass is 445 g/mol. The second-order valence-electron chi connectivity index (χ2n) is 6.07. The van der Waals surface area contributed by atoms with Gasteiger partial charge >= 0.3 is 5.97 Å². The zero-order valence-corrected chi connectivity index (χ0v) is 18.2. The number of thioether (sulfide) groups is 1. The maximum absolute atomic E-state index is 12.5. The van der Waals surface area contributed by atoms with Crippen LogP contribution in [0.25, 0.3) is 6.08 Å². The minimum absolute atomic E-state index is 0.00267. The molecule has 0 saturated heterocycles. The fourth-order valence-corrected chi connectivity index (χ4v) is 3.91. The summed E-state index contributed by atoms with van der Waals surface area (Å²) in [5.74, 6) is 0.345. The molecule has 8 heteroatoms. The molecule has 0 unspecified atom stereocenters. The standard InChI is InChI=1S/C22H20ClNO5S/c1-4-29-22(26)19-20(25)18(11-13-9-14(27-2)12-15(10-13)28-3)30-21(19)24-17-8-6-5-7-16(17)23/h5-12,25H,4H2,1-3H3/b18-11+,24-21?. The van der Waals surface area contributed by atoms with E-state index in [2.05, 4.69) is 4.99 Å². The van der Waals surface area contributed by atoms with Gasteiger partial charge < -0.3 is 19.3 Å². The van der Waals surface area contributed by atoms with Gasteiger partial charge in [0.15, 0.2) is 0 Å². The summed E-state index contributed by atoms with van der Waals surface area (Å²) in [4.78, 5) is 17.4. The largest absolute Gasteiger partial charge is 0.506 e. The van der Waals surface area contributed by atoms with E-state index in [-0.39, 0.29) is 17.9 Å². The first kappa shape index (κ1) is 21.8. The van der Waals surface area contributed by atoms with Gasteiger partial charge in [0.05, 0.1) is 36.4 Å². The Kier molecular flexibility index (Phi) is 7.07. The van der Waals surface area contributed by atoms with Crippen molar-refractivity contribution in [2.45, 2.75) is 6.92 Å². The third-order valence-electron chi connectivity index (χ3n) is 4.12. The number of hydrogen-bond acceptors (Lipinski definition) is 7. The molecule has 1 aliphatic heterocycles. The summed E-state index contributed by atoms with van der Waals surface area (Å²) in [6, 6.07) is 12.3. The number of ether oxygens (including phenoxy) is 3. The first-order valence-corrected chi connectivity index (χ1v) is 10.2. The second-order valence-corrected chi connectivity index (χ2v) is 7.51. The number of aliphatic hydroxyl groups excluding tert-OH is 1. The molecule has 0 aromatic heterocycles. The fraction of sp³-hybridized carbons (Fsp3) is 0.182. The van der Waals surface area contributed by atoms with Crippen molar-refractivity contribution in [3.8, 4) is 11.5 Å². The highest BCUT2D eigenvalue weighted by atomic mass is 35.5. The fourth-order valence-electron chi connectivity index (χ4n) is 2.71. The summed E-state index contributed by atoms with van der Waals surface area (Å²) < 4.78 is 15.7. The molecule has 2 aromatic rings. The van der Waals surface area contributed by atoms with E-state index >= 15 is 0 Å². The summed E-state index contributed by atoms with van der Waals surface area (Å²) in [6.45, 7) is 1.87. The van der Waals surface area contributed by atoms with Crippen molar-refractivity contribution in [1.82, 2.24) is 0 Å². The Hall–Kier alpha value is -2.90. The van der Waals surface area contributed by atoms with Crippen LogP contribution >= 0.6 is 23.4 Å². The van der Waals surface area contributed by atoms with Crippen LogP contribution in [-0.2, 0) is 9.53 Å². The number of halogens is 1. The predicted molar refractivity (Wildman–Crippen MR) is 120 cm³/mol. The first-order valence-electron chi connectivity index (χ1n) is 9.03. The van der Waals surface area contributed by atoms with Crippen LogP contribution in [0.1, 0.15) is 12.5 Å². The van der Waals surface area contributed by atoms with Gasteiger partial charge in [-0.3, -0.25) is 0 Å². The van der Waals surface area contributed by atoms with Crippen molar-refractivity contribution in [2.24, 2.45) is 4.99 Å². The van der Waals surface area contributed by atoms with E-state index in [1.807, 2.05) is 0 Å². The number of rotatable bonds is 6. The Balaban J connectivity index is 2.08. The SMILES string of the molecule is CCOC(=O)C1=C(O)/C(=C\c2cc(OC)cc(OC)c2)SC1=Nc1ccccc1Cl. The second kappa shape index (κ2) is 9.73. The molecule has 6 nitrogen and oxygen atoms in total. The predicted octanol–water partition coefficient (Wildman–Crippen LogP) is 5.55. The summed E-state index contributed by atoms with van der Waals surface area (Å²) in [5.41, 5.74) is 1.21. The lowest BCUT2D eigenvalue weighted by Gasteiger charge is -2.06. The van der Waals surface area contributed by atoms with Crippen LogP contribution < -0.4 is 9.47 Å². The Morgan fingerprint density at radius 1 is 1.17 bits per heavy atom. The lowest BCUT2D eigenvalue weighted by atomic mass is 10.1. The molecule has 30 heavy (non-hydrogen) atoms. The molecule has 3 rings (SSSR count). The number of carbonyl (C=O) groups is 1. The molecule has 1 aliphatic rings. The number of para-hydroxylation sites is 1. The molecule has 0 aliphatic carbocycles. The average Bonchev–Trinajstić information content (AvgIpc) is 3.04. The number of benzene rings is 2. The zero-order valence-electron chi connectivity index (χ0n) is 16.6. The smallest absolute Gasteiger partial charge is 0.344 e. The van der Waals surface area contributed by atoms with Crippen LogP contribution in [0.15, 0.2) is 63.7 Å². The van der Waals surface area contributed by atoms with Gasteiger partial charge in [-0.15, -0.1) is 0 Å². The summed E-state index contributed by atoms with van der Waals surface area (Å²) >= 11 is 7.36. The number of esters is 1. The molecule has 2 aromatic carbocycles. The number of hydrogen-bond donors (Lipinski definition) is 1. The topological polar surface area (TPSA) is 77.4 Å². The van der Waals surface area contributed by atoms with Gasteiger partial charge in [0.25, 0.3) is 0 Å². The van der Waals surface area contributed by atoms with Gasteiger partial charge in [-0.1, -0.05) is 35.5 Å². The van der Waals surface area contributed by atoms with Gasteiger partial charge in [-0.2, -0.15) is 0 Å². The Bertz CT molecular complexity index is 1040. The van der Waals surface area contributed by atoms with E-state index in [1.54, 1.807) is 69.7 Å². The van der Waals surface area contributed by atoms with Gasteiger partial charge in [-0.05, 0) is 42.8 Å². The molecule has 0 amide bonds. The highest BCUT2D eigenvalue weighted by Gasteiger charge is 2.33. The first-order chi connectivity index (χ1) is 14.5. The van der Waals surface area contributed by atoms with Gasteiger partial charge in [0, 0.05) is 6.07 Å². The Morgan fingerprint density at radius 3 is 2.43 bits per heavy atom. The highest BCUT2D eigenvalue weighted by molar-refractivity contribution is 8.18. The number of methoxy groups -OCH3 is 2. The van der Waals surface area contributed by atoms with Crippen LogP contribution in [0.4, 0.5) is 5.69 Å². The Labute approximate surface area is 183 Å². The van der Waals surface area contributed by atoms with Crippen molar-refractivity contribution < 1.29 is 24.1 Å². The van der Waals surface area contributed by atoms with E-state index in [1.165, 1.54) is 0 Å². The molecule has 0 fully saturated rings. The maximum atomic E-state index is 12.5. The molecule has 0 saturated carbocycles. The quantitative estimate of drug-likeness (QED) is 0.587. The van der Waals surface area contributed by atoms with Crippen LogP contribution in [0, 0.1) is 0 Å². The lowest BCUT2D eigenvalue weighted by Crippen LogP contribution is -2.12. The number of nitrogens with zero attached hydrogens (tertiary/aromatic N) is 1. The third kappa shape index (κ3) is 4.80. The lowest BCUT2D eigenvalue weighted by molar-refractivity contribution is -0.138. The number of aliphatic hydroxyl groups is 1. The van der Waals surface area contributed by atoms with E-state index in [0.29, 0.717) is 32.2 Å². The molecule has 0 radical (unpaired) electrons. The molecule has 0 atom stereocenters. The van der Waals surface area contributed by atoms with E-state index in [0.717, 1.165) is 17.3 Å². The third-order valence-corrected chi connectivity index (χ3v) is 5.46. The van der Waals surface area contributed by atoms with E-state index < -0.39 is 5.97 Å². The minimum Gasteiger partial charge on any atom is -0.506 e. The van der Waals surface area contributed by atoms with Crippen LogP contribution in [-0.4, -0.2) is 36.9 Å². The molecule has 156 valence electrons. The highest BCUT2D eigenvalue weighted by Crippen LogP contribution is 2.41. The minimum atomic E-state index is -0.653.